The average molecular weight is 186 g/mol. The van der Waals surface area contributed by atoms with Crippen molar-refractivity contribution in [3.63, 3.8) is 0 Å². The second-order valence-corrected chi connectivity index (χ2v) is 4.86. The van der Waals surface area contributed by atoms with E-state index >= 15 is 0 Å². The molecule has 0 aromatic carbocycles. The minimum atomic E-state index is -0.461. The van der Waals surface area contributed by atoms with Crippen LogP contribution in [-0.4, -0.2) is 22.9 Å². The predicted molar refractivity (Wildman–Crippen MR) is 53.7 cm³/mol. The van der Waals surface area contributed by atoms with Crippen LogP contribution in [0.3, 0.4) is 0 Å². The van der Waals surface area contributed by atoms with E-state index in [4.69, 9.17) is 4.74 Å². The molecule has 0 spiro atoms. The summed E-state index contributed by atoms with van der Waals surface area (Å²) in [5.41, 5.74) is -0.599. The zero-order chi connectivity index (χ0) is 9.95. The molecular formula is C11H22O2. The molecule has 0 aromatic heterocycles. The third-order valence-corrected chi connectivity index (χ3v) is 2.81. The van der Waals surface area contributed by atoms with Crippen molar-refractivity contribution in [1.82, 2.24) is 0 Å². The van der Waals surface area contributed by atoms with Crippen molar-refractivity contribution < 1.29 is 9.84 Å². The largest absolute Gasteiger partial charge is 0.390 e. The first kappa shape index (κ1) is 11.0. The third kappa shape index (κ3) is 3.28. The maximum atomic E-state index is 10.3. The van der Waals surface area contributed by atoms with Crippen LogP contribution in [0, 0.1) is 0 Å². The fourth-order valence-electron chi connectivity index (χ4n) is 2.17. The van der Waals surface area contributed by atoms with Gasteiger partial charge < -0.3 is 9.84 Å². The Kier molecular flexibility index (Phi) is 3.36. The van der Waals surface area contributed by atoms with Gasteiger partial charge in [0.05, 0.1) is 17.8 Å². The second-order valence-electron chi connectivity index (χ2n) is 4.86. The molecule has 1 fully saturated rings. The fourth-order valence-corrected chi connectivity index (χ4v) is 2.17. The molecule has 0 bridgehead atoms. The van der Waals surface area contributed by atoms with E-state index in [0.29, 0.717) is 6.61 Å². The van der Waals surface area contributed by atoms with E-state index in [1.54, 1.807) is 0 Å². The molecule has 0 saturated carbocycles. The SMILES string of the molecule is CCCC[C@@]1(O)CCOC(C)(C)C1. The Morgan fingerprint density at radius 3 is 2.62 bits per heavy atom. The number of rotatable bonds is 3. The van der Waals surface area contributed by atoms with Crippen LogP contribution in [-0.2, 0) is 4.74 Å². The summed E-state index contributed by atoms with van der Waals surface area (Å²) in [5.74, 6) is 0. The Hall–Kier alpha value is -0.0800. The molecule has 1 aliphatic rings. The second kappa shape index (κ2) is 3.97. The molecular weight excluding hydrogens is 164 g/mol. The van der Waals surface area contributed by atoms with E-state index in [1.165, 1.54) is 0 Å². The normalized spacial score (nSPS) is 33.2. The molecule has 78 valence electrons. The monoisotopic (exact) mass is 186 g/mol. The van der Waals surface area contributed by atoms with Crippen LogP contribution in [0.5, 0.6) is 0 Å². The van der Waals surface area contributed by atoms with Crippen molar-refractivity contribution in [1.29, 1.82) is 0 Å². The average Bonchev–Trinajstić information content (AvgIpc) is 1.98. The van der Waals surface area contributed by atoms with E-state index in [2.05, 4.69) is 20.8 Å². The molecule has 1 N–H and O–H groups in total. The number of hydrogen-bond donors (Lipinski definition) is 1. The molecule has 1 atom stereocenters. The summed E-state index contributed by atoms with van der Waals surface area (Å²) in [4.78, 5) is 0. The summed E-state index contributed by atoms with van der Waals surface area (Å²) in [5, 5.41) is 10.3. The number of hydrogen-bond acceptors (Lipinski definition) is 2. The van der Waals surface area contributed by atoms with Gasteiger partial charge in [-0.1, -0.05) is 19.8 Å². The lowest BCUT2D eigenvalue weighted by atomic mass is 9.81. The standard InChI is InChI=1S/C11H22O2/c1-4-5-6-11(12)7-8-13-10(2,3)9-11/h12H,4-9H2,1-3H3/t11-/m1/s1. The summed E-state index contributed by atoms with van der Waals surface area (Å²) in [6.07, 6.45) is 4.78. The zero-order valence-electron chi connectivity index (χ0n) is 9.10. The van der Waals surface area contributed by atoms with Crippen LogP contribution in [0.4, 0.5) is 0 Å². The minimum absolute atomic E-state index is 0.138. The van der Waals surface area contributed by atoms with Gasteiger partial charge in [-0.25, -0.2) is 0 Å². The first-order valence-corrected chi connectivity index (χ1v) is 5.34. The van der Waals surface area contributed by atoms with Gasteiger partial charge in [0.2, 0.25) is 0 Å². The topological polar surface area (TPSA) is 29.5 Å². The smallest absolute Gasteiger partial charge is 0.0697 e. The quantitative estimate of drug-likeness (QED) is 0.733. The van der Waals surface area contributed by atoms with Gasteiger partial charge in [-0.2, -0.15) is 0 Å². The van der Waals surface area contributed by atoms with Crippen molar-refractivity contribution in [3.05, 3.63) is 0 Å². The highest BCUT2D eigenvalue weighted by Crippen LogP contribution is 2.35. The lowest BCUT2D eigenvalue weighted by Gasteiger charge is -2.41. The molecule has 1 rings (SSSR count). The number of ether oxygens (including phenoxy) is 1. The molecule has 0 radical (unpaired) electrons. The van der Waals surface area contributed by atoms with Gasteiger partial charge in [-0.3, -0.25) is 0 Å². The van der Waals surface area contributed by atoms with Crippen LogP contribution >= 0.6 is 0 Å². The van der Waals surface area contributed by atoms with Crippen molar-refractivity contribution >= 4 is 0 Å². The van der Waals surface area contributed by atoms with Gasteiger partial charge >= 0.3 is 0 Å². The third-order valence-electron chi connectivity index (χ3n) is 2.81. The van der Waals surface area contributed by atoms with Crippen molar-refractivity contribution in [2.45, 2.75) is 64.1 Å². The highest BCUT2D eigenvalue weighted by atomic mass is 16.5. The number of unbranched alkanes of at least 4 members (excludes halogenated alkanes) is 1. The van der Waals surface area contributed by atoms with Crippen molar-refractivity contribution in [2.24, 2.45) is 0 Å². The Balaban J connectivity index is 2.47. The summed E-state index contributed by atoms with van der Waals surface area (Å²) >= 11 is 0. The molecule has 1 aliphatic heterocycles. The highest BCUT2D eigenvalue weighted by Gasteiger charge is 2.38. The molecule has 0 amide bonds. The molecule has 0 aromatic rings. The summed E-state index contributed by atoms with van der Waals surface area (Å²) in [7, 11) is 0. The van der Waals surface area contributed by atoms with Crippen molar-refractivity contribution in [2.75, 3.05) is 6.61 Å². The van der Waals surface area contributed by atoms with Gasteiger partial charge in [-0.05, 0) is 26.7 Å². The van der Waals surface area contributed by atoms with E-state index in [-0.39, 0.29) is 5.60 Å². The molecule has 2 heteroatoms. The van der Waals surface area contributed by atoms with E-state index in [9.17, 15) is 5.11 Å². The summed E-state index contributed by atoms with van der Waals surface area (Å²) in [6, 6.07) is 0. The summed E-state index contributed by atoms with van der Waals surface area (Å²) in [6.45, 7) is 6.98. The van der Waals surface area contributed by atoms with Gasteiger partial charge in [0.15, 0.2) is 0 Å². The Bertz CT molecular complexity index is 165. The Morgan fingerprint density at radius 1 is 1.38 bits per heavy atom. The maximum absolute atomic E-state index is 10.3. The fraction of sp³-hybridized carbons (Fsp3) is 1.00. The zero-order valence-corrected chi connectivity index (χ0v) is 9.10. The first-order chi connectivity index (χ1) is 5.97. The van der Waals surface area contributed by atoms with E-state index in [1.807, 2.05) is 0 Å². The Morgan fingerprint density at radius 2 is 2.08 bits per heavy atom. The number of aliphatic hydroxyl groups is 1. The van der Waals surface area contributed by atoms with Crippen LogP contribution in [0.2, 0.25) is 0 Å². The Labute approximate surface area is 81.3 Å². The molecule has 1 heterocycles. The molecule has 2 nitrogen and oxygen atoms in total. The first-order valence-electron chi connectivity index (χ1n) is 5.34. The van der Waals surface area contributed by atoms with E-state index < -0.39 is 5.60 Å². The van der Waals surface area contributed by atoms with Crippen LogP contribution < -0.4 is 0 Å². The molecule has 0 unspecified atom stereocenters. The molecule has 13 heavy (non-hydrogen) atoms. The van der Waals surface area contributed by atoms with Crippen LogP contribution in [0.1, 0.15) is 52.9 Å². The maximum Gasteiger partial charge on any atom is 0.0697 e. The van der Waals surface area contributed by atoms with Gasteiger partial charge in [0.25, 0.3) is 0 Å². The lowest BCUT2D eigenvalue weighted by Crippen LogP contribution is -2.45. The molecule has 0 aliphatic carbocycles. The van der Waals surface area contributed by atoms with Gasteiger partial charge in [-0.15, -0.1) is 0 Å². The summed E-state index contributed by atoms with van der Waals surface area (Å²) < 4.78 is 5.58. The predicted octanol–water partition coefficient (Wildman–Crippen LogP) is 2.50. The molecule has 1 saturated heterocycles. The van der Waals surface area contributed by atoms with Gasteiger partial charge in [0.1, 0.15) is 0 Å². The van der Waals surface area contributed by atoms with Crippen LogP contribution in [0.15, 0.2) is 0 Å². The van der Waals surface area contributed by atoms with Crippen molar-refractivity contribution in [3.8, 4) is 0 Å². The van der Waals surface area contributed by atoms with Crippen LogP contribution in [0.25, 0.3) is 0 Å². The van der Waals surface area contributed by atoms with Gasteiger partial charge in [0, 0.05) is 6.42 Å². The lowest BCUT2D eigenvalue weighted by molar-refractivity contribution is -0.146. The minimum Gasteiger partial charge on any atom is -0.390 e. The highest BCUT2D eigenvalue weighted by molar-refractivity contribution is 4.90. The van der Waals surface area contributed by atoms with E-state index in [0.717, 1.165) is 32.1 Å².